The number of hydrogen-bond donors (Lipinski definition) is 1. The fourth-order valence-corrected chi connectivity index (χ4v) is 1.84. The lowest BCUT2D eigenvalue weighted by molar-refractivity contribution is 0.112. The molecule has 0 aromatic rings. The second-order valence-corrected chi connectivity index (χ2v) is 4.87. The fourth-order valence-electron chi connectivity index (χ4n) is 1.84. The van der Waals surface area contributed by atoms with Gasteiger partial charge in [-0.15, -0.1) is 0 Å². The highest BCUT2D eigenvalue weighted by molar-refractivity contribution is 4.69. The van der Waals surface area contributed by atoms with Crippen LogP contribution in [0.2, 0.25) is 0 Å². The Labute approximate surface area is 102 Å². The van der Waals surface area contributed by atoms with Crippen molar-refractivity contribution in [1.29, 1.82) is 0 Å². The molecule has 0 spiro atoms. The molecule has 0 aliphatic heterocycles. The Bertz CT molecular complexity index is 151. The van der Waals surface area contributed by atoms with Gasteiger partial charge in [0, 0.05) is 26.2 Å². The molecule has 0 aromatic carbocycles. The Kier molecular flexibility index (Phi) is 9.99. The van der Waals surface area contributed by atoms with E-state index in [2.05, 4.69) is 37.9 Å². The average Bonchev–Trinajstić information content (AvgIpc) is 2.23. The highest BCUT2D eigenvalue weighted by Gasteiger charge is 2.14. The first-order valence-electron chi connectivity index (χ1n) is 6.55. The molecule has 0 aromatic heterocycles. The maximum atomic E-state index is 5.17. The molecular weight excluding hydrogens is 200 g/mol. The lowest BCUT2D eigenvalue weighted by atomic mass is 10.1. The molecule has 0 radical (unpaired) electrons. The third-order valence-corrected chi connectivity index (χ3v) is 2.79. The van der Waals surface area contributed by atoms with Gasteiger partial charge in [-0.05, 0) is 32.4 Å². The van der Waals surface area contributed by atoms with E-state index >= 15 is 0 Å². The molecule has 1 atom stereocenters. The highest BCUT2D eigenvalue weighted by atomic mass is 16.5. The van der Waals surface area contributed by atoms with Crippen LogP contribution in [0.1, 0.15) is 34.1 Å². The quantitative estimate of drug-likeness (QED) is 0.581. The van der Waals surface area contributed by atoms with Crippen molar-refractivity contribution in [2.45, 2.75) is 40.2 Å². The average molecular weight is 230 g/mol. The summed E-state index contributed by atoms with van der Waals surface area (Å²) in [4.78, 5) is 2.53. The largest absolute Gasteiger partial charge is 0.383 e. The molecule has 0 bridgehead atoms. The van der Waals surface area contributed by atoms with Crippen LogP contribution >= 0.6 is 0 Å². The van der Waals surface area contributed by atoms with E-state index in [0.717, 1.165) is 38.7 Å². The van der Waals surface area contributed by atoms with Crippen molar-refractivity contribution in [3.63, 3.8) is 0 Å². The summed E-state index contributed by atoms with van der Waals surface area (Å²) in [6, 6.07) is 0.636. The van der Waals surface area contributed by atoms with Crippen LogP contribution in [0.25, 0.3) is 0 Å². The molecule has 0 saturated carbocycles. The Hall–Kier alpha value is -0.120. The van der Waals surface area contributed by atoms with Crippen LogP contribution < -0.4 is 5.32 Å². The maximum absolute atomic E-state index is 5.17. The van der Waals surface area contributed by atoms with Crippen molar-refractivity contribution < 1.29 is 4.74 Å². The van der Waals surface area contributed by atoms with E-state index in [1.54, 1.807) is 7.11 Å². The molecule has 0 saturated heterocycles. The molecule has 0 amide bonds. The van der Waals surface area contributed by atoms with Gasteiger partial charge in [0.15, 0.2) is 0 Å². The van der Waals surface area contributed by atoms with Gasteiger partial charge in [0.1, 0.15) is 0 Å². The van der Waals surface area contributed by atoms with Crippen molar-refractivity contribution in [3.8, 4) is 0 Å². The van der Waals surface area contributed by atoms with Gasteiger partial charge < -0.3 is 10.1 Å². The summed E-state index contributed by atoms with van der Waals surface area (Å²) in [6.45, 7) is 14.2. The summed E-state index contributed by atoms with van der Waals surface area (Å²) in [5, 5.41) is 3.39. The first-order valence-corrected chi connectivity index (χ1v) is 6.55. The smallest absolute Gasteiger partial charge is 0.0589 e. The zero-order valence-corrected chi connectivity index (χ0v) is 11.8. The van der Waals surface area contributed by atoms with Gasteiger partial charge >= 0.3 is 0 Å². The van der Waals surface area contributed by atoms with E-state index in [1.807, 2.05) is 0 Å². The van der Waals surface area contributed by atoms with Gasteiger partial charge in [-0.3, -0.25) is 4.90 Å². The van der Waals surface area contributed by atoms with E-state index in [4.69, 9.17) is 4.74 Å². The Balaban J connectivity index is 3.93. The van der Waals surface area contributed by atoms with Gasteiger partial charge in [0.2, 0.25) is 0 Å². The third-order valence-electron chi connectivity index (χ3n) is 2.79. The Morgan fingerprint density at radius 3 is 2.44 bits per heavy atom. The summed E-state index contributed by atoms with van der Waals surface area (Å²) in [6.07, 6.45) is 1.21. The van der Waals surface area contributed by atoms with Crippen LogP contribution in [0, 0.1) is 5.92 Å². The van der Waals surface area contributed by atoms with Crippen LogP contribution in [0.3, 0.4) is 0 Å². The van der Waals surface area contributed by atoms with E-state index < -0.39 is 0 Å². The van der Waals surface area contributed by atoms with E-state index in [0.29, 0.717) is 6.04 Å². The van der Waals surface area contributed by atoms with Crippen molar-refractivity contribution in [2.75, 3.05) is 39.9 Å². The molecule has 3 heteroatoms. The Morgan fingerprint density at radius 1 is 1.25 bits per heavy atom. The highest BCUT2D eigenvalue weighted by Crippen LogP contribution is 2.07. The number of ether oxygens (including phenoxy) is 1. The normalized spacial score (nSPS) is 13.7. The van der Waals surface area contributed by atoms with Crippen LogP contribution in [-0.2, 0) is 4.74 Å². The molecule has 0 rings (SSSR count). The molecule has 98 valence electrons. The van der Waals surface area contributed by atoms with Crippen LogP contribution in [0.15, 0.2) is 0 Å². The van der Waals surface area contributed by atoms with E-state index in [9.17, 15) is 0 Å². The molecule has 0 aliphatic rings. The molecule has 3 nitrogen and oxygen atoms in total. The van der Waals surface area contributed by atoms with Crippen molar-refractivity contribution in [2.24, 2.45) is 5.92 Å². The van der Waals surface area contributed by atoms with Crippen molar-refractivity contribution in [3.05, 3.63) is 0 Å². The topological polar surface area (TPSA) is 24.5 Å². The van der Waals surface area contributed by atoms with Gasteiger partial charge in [0.05, 0.1) is 6.61 Å². The lowest BCUT2D eigenvalue weighted by Crippen LogP contribution is -2.39. The number of rotatable bonds is 10. The van der Waals surface area contributed by atoms with E-state index in [1.165, 1.54) is 6.42 Å². The first-order chi connectivity index (χ1) is 7.61. The molecule has 0 heterocycles. The minimum absolute atomic E-state index is 0.636. The first kappa shape index (κ1) is 15.9. The predicted molar refractivity (Wildman–Crippen MR) is 70.9 cm³/mol. The Morgan fingerprint density at radius 2 is 1.94 bits per heavy atom. The zero-order valence-electron chi connectivity index (χ0n) is 11.8. The monoisotopic (exact) mass is 230 g/mol. The minimum Gasteiger partial charge on any atom is -0.383 e. The third kappa shape index (κ3) is 8.08. The van der Waals surface area contributed by atoms with Gasteiger partial charge in [0.25, 0.3) is 0 Å². The van der Waals surface area contributed by atoms with Gasteiger partial charge in [-0.2, -0.15) is 0 Å². The number of nitrogens with zero attached hydrogens (tertiary/aromatic N) is 1. The molecule has 0 fully saturated rings. The summed E-state index contributed by atoms with van der Waals surface area (Å²) in [5.74, 6) is 0.721. The predicted octanol–water partition coefficient (Wildman–Crippen LogP) is 1.98. The molecule has 16 heavy (non-hydrogen) atoms. The minimum atomic E-state index is 0.636. The summed E-state index contributed by atoms with van der Waals surface area (Å²) >= 11 is 0. The summed E-state index contributed by atoms with van der Waals surface area (Å²) in [7, 11) is 1.77. The van der Waals surface area contributed by atoms with Crippen LogP contribution in [0.5, 0.6) is 0 Å². The number of nitrogens with one attached hydrogen (secondary N) is 1. The van der Waals surface area contributed by atoms with Crippen LogP contribution in [-0.4, -0.2) is 50.8 Å². The molecular formula is C13H30N2O. The van der Waals surface area contributed by atoms with Crippen molar-refractivity contribution in [1.82, 2.24) is 10.2 Å². The number of hydrogen-bond acceptors (Lipinski definition) is 3. The van der Waals surface area contributed by atoms with E-state index in [-0.39, 0.29) is 0 Å². The molecule has 1 unspecified atom stereocenters. The zero-order chi connectivity index (χ0) is 12.4. The standard InChI is InChI=1S/C13H30N2O/c1-6-14-8-7-13(4)15(9-10-16-5)11-12(2)3/h12-14H,6-11H2,1-5H3. The van der Waals surface area contributed by atoms with Gasteiger partial charge in [-0.1, -0.05) is 20.8 Å². The molecule has 0 aliphatic carbocycles. The second kappa shape index (κ2) is 10.1. The fraction of sp³-hybridized carbons (Fsp3) is 1.00. The van der Waals surface area contributed by atoms with Gasteiger partial charge in [-0.25, -0.2) is 0 Å². The number of methoxy groups -OCH3 is 1. The SMILES string of the molecule is CCNCCC(C)N(CCOC)CC(C)C. The second-order valence-electron chi connectivity index (χ2n) is 4.87. The summed E-state index contributed by atoms with van der Waals surface area (Å²) in [5.41, 5.74) is 0. The van der Waals surface area contributed by atoms with Crippen LogP contribution in [0.4, 0.5) is 0 Å². The summed E-state index contributed by atoms with van der Waals surface area (Å²) < 4.78 is 5.17. The maximum Gasteiger partial charge on any atom is 0.0589 e. The van der Waals surface area contributed by atoms with Crippen molar-refractivity contribution >= 4 is 0 Å². The molecule has 1 N–H and O–H groups in total. The lowest BCUT2D eigenvalue weighted by Gasteiger charge is -2.30.